The molecule has 96 valence electrons. The predicted molar refractivity (Wildman–Crippen MR) is 87.2 cm³/mol. The number of hydrogen-bond donors (Lipinski definition) is 0. The van der Waals surface area contributed by atoms with Crippen molar-refractivity contribution in [2.24, 2.45) is 0 Å². The maximum Gasteiger partial charge on any atom is -0.00266 e. The van der Waals surface area contributed by atoms with Crippen molar-refractivity contribution in [3.63, 3.8) is 0 Å². The van der Waals surface area contributed by atoms with Gasteiger partial charge in [-0.25, -0.2) is 0 Å². The van der Waals surface area contributed by atoms with Crippen molar-refractivity contribution in [3.05, 3.63) is 65.2 Å². The van der Waals surface area contributed by atoms with Crippen molar-refractivity contribution >= 4 is 25.4 Å². The van der Waals surface area contributed by atoms with Crippen LogP contribution in [0.15, 0.2) is 48.5 Å². The van der Waals surface area contributed by atoms with Gasteiger partial charge in [0, 0.05) is 0 Å². The second-order valence-electron chi connectivity index (χ2n) is 5.01. The van der Waals surface area contributed by atoms with E-state index in [1.807, 2.05) is 0 Å². The number of rotatable bonds is 2. The summed E-state index contributed by atoms with van der Waals surface area (Å²) in [6.45, 7) is 2.30. The molecule has 1 atom stereocenters. The molecule has 2 aromatic rings. The van der Waals surface area contributed by atoms with E-state index in [9.17, 15) is 0 Å². The van der Waals surface area contributed by atoms with Crippen LogP contribution in [0.3, 0.4) is 0 Å². The van der Waals surface area contributed by atoms with E-state index in [0.717, 1.165) is 0 Å². The summed E-state index contributed by atoms with van der Waals surface area (Å²) in [5.41, 5.74) is 4.31. The average molecular weight is 266 g/mol. The molecule has 1 heterocycles. The molecule has 0 fully saturated rings. The Morgan fingerprint density at radius 3 is 2.42 bits per heavy atom. The van der Waals surface area contributed by atoms with Crippen LogP contribution in [-0.2, 0) is 6.16 Å². The summed E-state index contributed by atoms with van der Waals surface area (Å²) in [5, 5.41) is 1.57. The van der Waals surface area contributed by atoms with E-state index in [1.165, 1.54) is 35.4 Å². The van der Waals surface area contributed by atoms with E-state index >= 15 is 0 Å². The van der Waals surface area contributed by atoms with Gasteiger partial charge in [-0.05, 0) is 34.3 Å². The van der Waals surface area contributed by atoms with Crippen LogP contribution in [0, 0.1) is 0 Å². The Kier molecular flexibility index (Phi) is 3.80. The molecule has 2 aromatic carbocycles. The quantitative estimate of drug-likeness (QED) is 0.679. The van der Waals surface area contributed by atoms with Crippen LogP contribution in [0.5, 0.6) is 0 Å². The third kappa shape index (κ3) is 2.65. The average Bonchev–Trinajstić information content (AvgIpc) is 2.44. The lowest BCUT2D eigenvalue weighted by molar-refractivity contribution is 1.09. The van der Waals surface area contributed by atoms with E-state index in [0.29, 0.717) is 0 Å². The third-order valence-electron chi connectivity index (χ3n) is 3.63. The van der Waals surface area contributed by atoms with Crippen LogP contribution < -0.4 is 5.30 Å². The minimum atomic E-state index is -0.0692. The molecular formula is C18H19P. The molecule has 0 radical (unpaired) electrons. The lowest BCUT2D eigenvalue weighted by atomic mass is 10.1. The van der Waals surface area contributed by atoms with E-state index < -0.39 is 0 Å². The fourth-order valence-electron chi connectivity index (χ4n) is 2.70. The van der Waals surface area contributed by atoms with Gasteiger partial charge in [0.2, 0.25) is 0 Å². The molecule has 0 spiro atoms. The molecule has 0 saturated carbocycles. The van der Waals surface area contributed by atoms with Crippen LogP contribution in [-0.4, -0.2) is 6.16 Å². The first-order chi connectivity index (χ1) is 9.38. The highest BCUT2D eigenvalue weighted by atomic mass is 31.1. The molecular weight excluding hydrogens is 247 g/mol. The standard InChI is InChI=1S/C18H19P/c1-2-13-19-14-17-9-4-3-7-15(17)11-12-16-8-5-6-10-18(16)19/h3-12H,2,13-14H2,1H3/b12-11-. The van der Waals surface area contributed by atoms with Gasteiger partial charge in [0.1, 0.15) is 0 Å². The summed E-state index contributed by atoms with van der Waals surface area (Å²) in [4.78, 5) is 0. The van der Waals surface area contributed by atoms with Crippen LogP contribution >= 0.6 is 7.92 Å². The van der Waals surface area contributed by atoms with E-state index in [4.69, 9.17) is 0 Å². The Morgan fingerprint density at radius 1 is 0.895 bits per heavy atom. The third-order valence-corrected chi connectivity index (χ3v) is 6.43. The minimum Gasteiger partial charge on any atom is -0.0702 e. The van der Waals surface area contributed by atoms with Crippen LogP contribution in [0.4, 0.5) is 0 Å². The molecule has 1 aliphatic heterocycles. The summed E-state index contributed by atoms with van der Waals surface area (Å²) < 4.78 is 0. The first-order valence-electron chi connectivity index (χ1n) is 6.98. The largest absolute Gasteiger partial charge is 0.0702 e. The second kappa shape index (κ2) is 5.72. The topological polar surface area (TPSA) is 0 Å². The number of fused-ring (bicyclic) bond motifs is 2. The SMILES string of the molecule is CCCP1Cc2ccccc2/C=C\c2ccccc21. The molecule has 0 aromatic heterocycles. The molecule has 1 heteroatoms. The zero-order chi connectivity index (χ0) is 13.1. The highest BCUT2D eigenvalue weighted by Crippen LogP contribution is 2.42. The number of benzene rings is 2. The molecule has 1 unspecified atom stereocenters. The van der Waals surface area contributed by atoms with Gasteiger partial charge in [-0.3, -0.25) is 0 Å². The highest BCUT2D eigenvalue weighted by molar-refractivity contribution is 7.65. The molecule has 3 rings (SSSR count). The van der Waals surface area contributed by atoms with Gasteiger partial charge in [-0.1, -0.05) is 81.9 Å². The molecule has 0 aliphatic carbocycles. The van der Waals surface area contributed by atoms with Crippen LogP contribution in [0.25, 0.3) is 12.2 Å². The molecule has 0 bridgehead atoms. The Balaban J connectivity index is 2.11. The molecule has 0 N–H and O–H groups in total. The van der Waals surface area contributed by atoms with Crippen molar-refractivity contribution in [1.82, 2.24) is 0 Å². The summed E-state index contributed by atoms with van der Waals surface area (Å²) in [5.74, 6) is 0. The highest BCUT2D eigenvalue weighted by Gasteiger charge is 2.16. The first kappa shape index (κ1) is 12.6. The Morgan fingerprint density at radius 2 is 1.58 bits per heavy atom. The summed E-state index contributed by atoms with van der Waals surface area (Å²) >= 11 is 0. The molecule has 0 amide bonds. The predicted octanol–water partition coefficient (Wildman–Crippen LogP) is 4.89. The molecule has 19 heavy (non-hydrogen) atoms. The monoisotopic (exact) mass is 266 g/mol. The normalized spacial score (nSPS) is 18.9. The van der Waals surface area contributed by atoms with Gasteiger partial charge < -0.3 is 0 Å². The maximum absolute atomic E-state index is 2.33. The summed E-state index contributed by atoms with van der Waals surface area (Å²) in [7, 11) is -0.0692. The zero-order valence-corrected chi connectivity index (χ0v) is 12.2. The first-order valence-corrected chi connectivity index (χ1v) is 8.69. The van der Waals surface area contributed by atoms with Crippen molar-refractivity contribution < 1.29 is 0 Å². The Labute approximate surface area is 116 Å². The summed E-state index contributed by atoms with van der Waals surface area (Å²) in [6.07, 6.45) is 8.38. The van der Waals surface area contributed by atoms with Crippen molar-refractivity contribution in [2.75, 3.05) is 6.16 Å². The smallest absolute Gasteiger partial charge is 0.00266 e. The van der Waals surface area contributed by atoms with Crippen LogP contribution in [0.1, 0.15) is 30.0 Å². The summed E-state index contributed by atoms with van der Waals surface area (Å²) in [6, 6.07) is 17.7. The second-order valence-corrected chi connectivity index (χ2v) is 7.34. The molecule has 0 saturated heterocycles. The number of hydrogen-bond acceptors (Lipinski definition) is 0. The lowest BCUT2D eigenvalue weighted by Crippen LogP contribution is -2.10. The van der Waals surface area contributed by atoms with E-state index in [-0.39, 0.29) is 7.92 Å². The Bertz CT molecular complexity index is 598. The van der Waals surface area contributed by atoms with Gasteiger partial charge in [0.25, 0.3) is 0 Å². The van der Waals surface area contributed by atoms with Gasteiger partial charge in [0.15, 0.2) is 0 Å². The minimum absolute atomic E-state index is 0.0692. The van der Waals surface area contributed by atoms with Gasteiger partial charge in [-0.2, -0.15) is 0 Å². The lowest BCUT2D eigenvalue weighted by Gasteiger charge is -2.22. The van der Waals surface area contributed by atoms with Gasteiger partial charge in [-0.15, -0.1) is 0 Å². The fourth-order valence-corrected chi connectivity index (χ4v) is 5.32. The zero-order valence-electron chi connectivity index (χ0n) is 11.3. The molecule has 1 aliphatic rings. The fraction of sp³-hybridized carbons (Fsp3) is 0.222. The maximum atomic E-state index is 2.33. The van der Waals surface area contributed by atoms with Crippen molar-refractivity contribution in [2.45, 2.75) is 19.5 Å². The van der Waals surface area contributed by atoms with Gasteiger partial charge in [0.05, 0.1) is 0 Å². The van der Waals surface area contributed by atoms with E-state index in [1.54, 1.807) is 5.30 Å². The van der Waals surface area contributed by atoms with Crippen molar-refractivity contribution in [1.29, 1.82) is 0 Å². The van der Waals surface area contributed by atoms with Crippen molar-refractivity contribution in [3.8, 4) is 0 Å². The van der Waals surface area contributed by atoms with Gasteiger partial charge >= 0.3 is 0 Å². The van der Waals surface area contributed by atoms with Crippen LogP contribution in [0.2, 0.25) is 0 Å². The van der Waals surface area contributed by atoms with E-state index in [2.05, 4.69) is 67.6 Å². The Hall–Kier alpha value is -1.39. The molecule has 0 nitrogen and oxygen atoms in total.